The highest BCUT2D eigenvalue weighted by atomic mass is 35.5. The minimum Gasteiger partial charge on any atom is -0.381 e. The van der Waals surface area contributed by atoms with E-state index in [1.165, 1.54) is 0 Å². The van der Waals surface area contributed by atoms with Gasteiger partial charge in [-0.1, -0.05) is 18.5 Å². The molecule has 4 heterocycles. The van der Waals surface area contributed by atoms with Crippen LogP contribution in [0.25, 0.3) is 11.2 Å². The highest BCUT2D eigenvalue weighted by Gasteiger charge is 2.30. The van der Waals surface area contributed by atoms with Crippen LogP contribution < -0.4 is 11.1 Å². The van der Waals surface area contributed by atoms with Crippen LogP contribution in [0.1, 0.15) is 57.3 Å². The third-order valence-electron chi connectivity index (χ3n) is 7.24. The Hall–Kier alpha value is -2.29. The maximum Gasteiger partial charge on any atom is 0.210 e. The molecule has 2 aliphatic rings. The van der Waals surface area contributed by atoms with Gasteiger partial charge >= 0.3 is 0 Å². The first-order chi connectivity index (χ1) is 16.0. The second-order valence-corrected chi connectivity index (χ2v) is 10.3. The highest BCUT2D eigenvalue weighted by molar-refractivity contribution is 6.30. The Morgan fingerprint density at radius 1 is 1.15 bits per heavy atom. The van der Waals surface area contributed by atoms with Crippen molar-refractivity contribution in [3.63, 3.8) is 0 Å². The number of hydrogen-bond donors (Lipinski definition) is 2. The van der Waals surface area contributed by atoms with Crippen molar-refractivity contribution in [3.8, 4) is 0 Å². The Kier molecular flexibility index (Phi) is 6.49. The molecular weight excluding hydrogens is 438 g/mol. The summed E-state index contributed by atoms with van der Waals surface area (Å²) < 4.78 is 7.84. The first kappa shape index (κ1) is 22.5. The maximum absolute atomic E-state index is 6.16. The molecule has 1 aliphatic heterocycles. The molecule has 3 aromatic heterocycles. The van der Waals surface area contributed by atoms with E-state index in [2.05, 4.69) is 26.8 Å². The van der Waals surface area contributed by atoms with E-state index in [0.717, 1.165) is 93.3 Å². The molecule has 8 nitrogen and oxygen atoms in total. The van der Waals surface area contributed by atoms with Crippen LogP contribution in [0, 0.1) is 11.3 Å². The van der Waals surface area contributed by atoms with Crippen LogP contribution in [0.3, 0.4) is 0 Å². The molecule has 0 radical (unpaired) electrons. The Morgan fingerprint density at radius 2 is 1.94 bits per heavy atom. The van der Waals surface area contributed by atoms with Crippen LogP contribution >= 0.6 is 11.6 Å². The van der Waals surface area contributed by atoms with Gasteiger partial charge in [0.25, 0.3) is 0 Å². The Morgan fingerprint density at radius 3 is 2.67 bits per heavy atom. The lowest BCUT2D eigenvalue weighted by atomic mass is 9.79. The van der Waals surface area contributed by atoms with E-state index in [1.807, 2.05) is 12.3 Å². The molecule has 0 spiro atoms. The van der Waals surface area contributed by atoms with Crippen molar-refractivity contribution >= 4 is 34.4 Å². The smallest absolute Gasteiger partial charge is 0.210 e. The first-order valence-electron chi connectivity index (χ1n) is 11.9. The number of nitrogens with zero attached hydrogens (tertiary/aromatic N) is 5. The van der Waals surface area contributed by atoms with Gasteiger partial charge in [-0.2, -0.15) is 0 Å². The van der Waals surface area contributed by atoms with E-state index in [-0.39, 0.29) is 5.41 Å². The predicted octanol–water partition coefficient (Wildman–Crippen LogP) is 4.67. The van der Waals surface area contributed by atoms with Crippen LogP contribution in [-0.4, -0.2) is 44.3 Å². The second-order valence-electron chi connectivity index (χ2n) is 9.83. The van der Waals surface area contributed by atoms with Gasteiger partial charge in [-0.25, -0.2) is 15.0 Å². The van der Waals surface area contributed by atoms with E-state index < -0.39 is 0 Å². The average molecular weight is 470 g/mol. The van der Waals surface area contributed by atoms with Crippen LogP contribution in [0.15, 0.2) is 24.7 Å². The summed E-state index contributed by atoms with van der Waals surface area (Å²) in [6.45, 7) is 4.69. The molecule has 2 fully saturated rings. The molecule has 0 atom stereocenters. The zero-order valence-electron chi connectivity index (χ0n) is 19.1. The molecule has 0 amide bonds. The fourth-order valence-electron chi connectivity index (χ4n) is 5.12. The Labute approximate surface area is 199 Å². The number of halogens is 1. The Bertz CT molecular complexity index is 1100. The minimum absolute atomic E-state index is 0.170. The summed E-state index contributed by atoms with van der Waals surface area (Å²) in [4.78, 5) is 18.8. The van der Waals surface area contributed by atoms with Gasteiger partial charge in [0.05, 0.1) is 23.1 Å². The van der Waals surface area contributed by atoms with Crippen molar-refractivity contribution in [2.45, 2.75) is 57.9 Å². The van der Waals surface area contributed by atoms with Crippen molar-refractivity contribution in [2.24, 2.45) is 17.1 Å². The first-order valence-corrected chi connectivity index (χ1v) is 12.3. The van der Waals surface area contributed by atoms with Gasteiger partial charge in [-0.05, 0) is 62.5 Å². The predicted molar refractivity (Wildman–Crippen MR) is 130 cm³/mol. The molecular formula is C24H32ClN7O. The van der Waals surface area contributed by atoms with Crippen LogP contribution in [0.5, 0.6) is 0 Å². The number of ether oxygens (including phenoxy) is 1. The second kappa shape index (κ2) is 9.52. The SMILES string of the molecule is CC1(Cc2ncc3nc(Nc4cncc(Cl)c4)n(C4CCC(CN)CC4)c3n2)CCOCC1. The molecule has 1 saturated carbocycles. The third-order valence-corrected chi connectivity index (χ3v) is 7.45. The van der Waals surface area contributed by atoms with Gasteiger partial charge in [0.1, 0.15) is 11.3 Å². The summed E-state index contributed by atoms with van der Waals surface area (Å²) >= 11 is 6.16. The van der Waals surface area contributed by atoms with Gasteiger partial charge in [-0.15, -0.1) is 0 Å². The Balaban J connectivity index is 1.51. The maximum atomic E-state index is 6.16. The van der Waals surface area contributed by atoms with Gasteiger partial charge in [0, 0.05) is 31.9 Å². The molecule has 3 N–H and O–H groups in total. The molecule has 0 unspecified atom stereocenters. The molecule has 0 bridgehead atoms. The lowest BCUT2D eigenvalue weighted by Crippen LogP contribution is -2.29. The van der Waals surface area contributed by atoms with E-state index in [0.29, 0.717) is 17.0 Å². The minimum atomic E-state index is 0.170. The number of imidazole rings is 1. The molecule has 5 rings (SSSR count). The monoisotopic (exact) mass is 469 g/mol. The van der Waals surface area contributed by atoms with Crippen LogP contribution in [0.2, 0.25) is 5.02 Å². The number of aromatic nitrogens is 5. The van der Waals surface area contributed by atoms with Crippen molar-refractivity contribution in [3.05, 3.63) is 35.5 Å². The summed E-state index contributed by atoms with van der Waals surface area (Å²) in [7, 11) is 0. The number of hydrogen-bond acceptors (Lipinski definition) is 7. The number of rotatable bonds is 6. The van der Waals surface area contributed by atoms with E-state index in [1.54, 1.807) is 12.4 Å². The fraction of sp³-hybridized carbons (Fsp3) is 0.583. The standard InChI is InChI=1S/C24H32ClN7O/c1-24(6-8-33-9-7-24)11-21-28-15-20-22(31-21)32(19-4-2-16(12-26)3-5-19)23(30-20)29-18-10-17(25)13-27-14-18/h10,13-16,19H,2-9,11-12,26H2,1H3,(H,29,30). The molecule has 1 aliphatic carbocycles. The summed E-state index contributed by atoms with van der Waals surface area (Å²) in [5, 5.41) is 4.01. The van der Waals surface area contributed by atoms with Crippen molar-refractivity contribution in [1.29, 1.82) is 0 Å². The van der Waals surface area contributed by atoms with Crippen molar-refractivity contribution < 1.29 is 4.74 Å². The third kappa shape index (κ3) is 4.98. The summed E-state index contributed by atoms with van der Waals surface area (Å²) in [5.41, 5.74) is 8.61. The van der Waals surface area contributed by atoms with Gasteiger partial charge < -0.3 is 15.8 Å². The number of pyridine rings is 1. The molecule has 176 valence electrons. The number of nitrogens with one attached hydrogen (secondary N) is 1. The van der Waals surface area contributed by atoms with Crippen LogP contribution in [0.4, 0.5) is 11.6 Å². The molecule has 9 heteroatoms. The lowest BCUT2D eigenvalue weighted by molar-refractivity contribution is 0.0232. The highest BCUT2D eigenvalue weighted by Crippen LogP contribution is 2.37. The number of anilines is 2. The van der Waals surface area contributed by atoms with Gasteiger partial charge in [0.2, 0.25) is 5.95 Å². The molecule has 1 saturated heterocycles. The van der Waals surface area contributed by atoms with Gasteiger partial charge in [0.15, 0.2) is 5.65 Å². The van der Waals surface area contributed by atoms with Gasteiger partial charge in [-0.3, -0.25) is 9.55 Å². The van der Waals surface area contributed by atoms with Crippen molar-refractivity contribution in [2.75, 3.05) is 25.1 Å². The average Bonchev–Trinajstić information content (AvgIpc) is 3.16. The molecule has 3 aromatic rings. The topological polar surface area (TPSA) is 104 Å². The zero-order chi connectivity index (χ0) is 22.8. The summed E-state index contributed by atoms with van der Waals surface area (Å²) in [6.07, 6.45) is 12.5. The largest absolute Gasteiger partial charge is 0.381 e. The lowest BCUT2D eigenvalue weighted by Gasteiger charge is -2.33. The van der Waals surface area contributed by atoms with E-state index in [9.17, 15) is 0 Å². The summed E-state index contributed by atoms with van der Waals surface area (Å²) in [5.74, 6) is 2.23. The number of fused-ring (bicyclic) bond motifs is 1. The molecule has 33 heavy (non-hydrogen) atoms. The van der Waals surface area contributed by atoms with Crippen molar-refractivity contribution in [1.82, 2.24) is 24.5 Å². The summed E-state index contributed by atoms with van der Waals surface area (Å²) in [6, 6.07) is 2.17. The van der Waals surface area contributed by atoms with E-state index in [4.69, 9.17) is 32.0 Å². The normalized spacial score (nSPS) is 23.0. The van der Waals surface area contributed by atoms with Crippen LogP contribution in [-0.2, 0) is 11.2 Å². The fourth-order valence-corrected chi connectivity index (χ4v) is 5.29. The quantitative estimate of drug-likeness (QED) is 0.540. The zero-order valence-corrected chi connectivity index (χ0v) is 19.9. The number of nitrogens with two attached hydrogens (primary N) is 1. The molecule has 0 aromatic carbocycles. The van der Waals surface area contributed by atoms with E-state index >= 15 is 0 Å².